The van der Waals surface area contributed by atoms with E-state index in [0.29, 0.717) is 13.1 Å². The number of carbonyl (C=O) groups excluding carboxylic acids is 2. The Morgan fingerprint density at radius 1 is 0.966 bits per heavy atom. The topological polar surface area (TPSA) is 52.7 Å². The summed E-state index contributed by atoms with van der Waals surface area (Å²) in [7, 11) is 0. The summed E-state index contributed by atoms with van der Waals surface area (Å²) < 4.78 is 13.4. The highest BCUT2D eigenvalue weighted by atomic mass is 19.1. The zero-order chi connectivity index (χ0) is 20.3. The third kappa shape index (κ3) is 4.41. The Bertz CT molecular complexity index is 724. The molecular formula is C23H32FN3O2. The molecule has 0 spiro atoms. The van der Waals surface area contributed by atoms with Gasteiger partial charge in [-0.05, 0) is 56.2 Å². The van der Waals surface area contributed by atoms with E-state index < -0.39 is 0 Å². The molecule has 1 saturated carbocycles. The van der Waals surface area contributed by atoms with Gasteiger partial charge in [0.05, 0.1) is 5.92 Å². The minimum Gasteiger partial charge on any atom is -0.355 e. The molecule has 0 radical (unpaired) electrons. The van der Waals surface area contributed by atoms with Crippen molar-refractivity contribution in [2.45, 2.75) is 56.8 Å². The Balaban J connectivity index is 1.36. The molecule has 2 heterocycles. The van der Waals surface area contributed by atoms with Crippen molar-refractivity contribution < 1.29 is 14.0 Å². The molecule has 1 aliphatic carbocycles. The second-order valence-corrected chi connectivity index (χ2v) is 8.97. The summed E-state index contributed by atoms with van der Waals surface area (Å²) in [5.41, 5.74) is 1.02. The van der Waals surface area contributed by atoms with Gasteiger partial charge in [0.2, 0.25) is 5.91 Å². The number of benzene rings is 1. The molecule has 1 aromatic carbocycles. The Hall–Kier alpha value is -2.11. The Morgan fingerprint density at radius 3 is 2.31 bits per heavy atom. The van der Waals surface area contributed by atoms with E-state index >= 15 is 0 Å². The highest BCUT2D eigenvalue weighted by molar-refractivity contribution is 5.81. The van der Waals surface area contributed by atoms with E-state index in [1.807, 2.05) is 21.9 Å². The monoisotopic (exact) mass is 401 g/mol. The molecule has 6 heteroatoms. The van der Waals surface area contributed by atoms with Crippen molar-refractivity contribution in [1.29, 1.82) is 0 Å². The van der Waals surface area contributed by atoms with Gasteiger partial charge < -0.3 is 15.1 Å². The minimum absolute atomic E-state index is 0.0531. The molecular weight excluding hydrogens is 369 g/mol. The van der Waals surface area contributed by atoms with E-state index in [2.05, 4.69) is 5.32 Å². The molecule has 3 amide bonds. The first kappa shape index (κ1) is 20.2. The summed E-state index contributed by atoms with van der Waals surface area (Å²) >= 11 is 0. The van der Waals surface area contributed by atoms with Gasteiger partial charge in [0, 0.05) is 38.1 Å². The van der Waals surface area contributed by atoms with Crippen LogP contribution < -0.4 is 5.32 Å². The van der Waals surface area contributed by atoms with Crippen LogP contribution in [0.25, 0.3) is 0 Å². The maximum absolute atomic E-state index is 13.4. The number of likely N-dealkylation sites (tertiary alicyclic amines) is 2. The zero-order valence-electron chi connectivity index (χ0n) is 17.2. The maximum Gasteiger partial charge on any atom is 0.320 e. The molecule has 1 atom stereocenters. The van der Waals surface area contributed by atoms with Crippen LogP contribution in [0, 0.1) is 11.7 Å². The first-order valence-corrected chi connectivity index (χ1v) is 11.2. The molecule has 4 rings (SSSR count). The van der Waals surface area contributed by atoms with E-state index in [1.54, 1.807) is 0 Å². The van der Waals surface area contributed by atoms with Crippen LogP contribution in [0.3, 0.4) is 0 Å². The number of halogens is 1. The molecule has 0 unspecified atom stereocenters. The van der Waals surface area contributed by atoms with Crippen LogP contribution >= 0.6 is 0 Å². The molecule has 0 bridgehead atoms. The number of hydrogen-bond acceptors (Lipinski definition) is 2. The van der Waals surface area contributed by atoms with Crippen molar-refractivity contribution in [2.24, 2.45) is 5.92 Å². The van der Waals surface area contributed by atoms with Gasteiger partial charge in [-0.3, -0.25) is 4.79 Å². The first-order chi connectivity index (χ1) is 14.1. The smallest absolute Gasteiger partial charge is 0.320 e. The first-order valence-electron chi connectivity index (χ1n) is 11.2. The maximum atomic E-state index is 13.4. The largest absolute Gasteiger partial charge is 0.355 e. The van der Waals surface area contributed by atoms with Gasteiger partial charge in [0.1, 0.15) is 5.82 Å². The Kier molecular flexibility index (Phi) is 6.07. The quantitative estimate of drug-likeness (QED) is 0.837. The van der Waals surface area contributed by atoms with E-state index in [0.717, 1.165) is 76.6 Å². The van der Waals surface area contributed by atoms with Crippen LogP contribution in [-0.4, -0.2) is 54.5 Å². The molecule has 5 nitrogen and oxygen atoms in total. The highest BCUT2D eigenvalue weighted by Crippen LogP contribution is 2.40. The third-order valence-electron chi connectivity index (χ3n) is 7.06. The SMILES string of the molecule is O=C(NCC1(c2ccc(F)cc2)CCCC1)[C@@H]1CCCN(C(=O)N2CCCC2)C1. The van der Waals surface area contributed by atoms with Crippen molar-refractivity contribution in [3.05, 3.63) is 35.6 Å². The van der Waals surface area contributed by atoms with Crippen molar-refractivity contribution in [3.63, 3.8) is 0 Å². The second kappa shape index (κ2) is 8.72. The van der Waals surface area contributed by atoms with Crippen molar-refractivity contribution in [1.82, 2.24) is 15.1 Å². The summed E-state index contributed by atoms with van der Waals surface area (Å²) in [6.07, 6.45) is 8.17. The number of rotatable bonds is 4. The molecule has 2 aliphatic heterocycles. The van der Waals surface area contributed by atoms with Crippen LogP contribution in [0.2, 0.25) is 0 Å². The van der Waals surface area contributed by atoms with Crippen molar-refractivity contribution >= 4 is 11.9 Å². The predicted octanol–water partition coefficient (Wildman–Crippen LogP) is 3.68. The number of urea groups is 1. The van der Waals surface area contributed by atoms with Gasteiger partial charge >= 0.3 is 6.03 Å². The summed E-state index contributed by atoms with van der Waals surface area (Å²) in [6, 6.07) is 6.85. The molecule has 3 aliphatic rings. The van der Waals surface area contributed by atoms with Crippen LogP contribution in [0.1, 0.15) is 56.9 Å². The van der Waals surface area contributed by atoms with Gasteiger partial charge in [-0.1, -0.05) is 25.0 Å². The van der Waals surface area contributed by atoms with Crippen LogP contribution in [0.5, 0.6) is 0 Å². The van der Waals surface area contributed by atoms with Crippen molar-refractivity contribution in [2.75, 3.05) is 32.7 Å². The number of carbonyl (C=O) groups is 2. The normalized spacial score (nSPS) is 24.0. The summed E-state index contributed by atoms with van der Waals surface area (Å²) in [5, 5.41) is 3.19. The zero-order valence-corrected chi connectivity index (χ0v) is 17.2. The number of piperidine rings is 1. The van der Waals surface area contributed by atoms with E-state index in [1.165, 1.54) is 12.1 Å². The molecule has 3 fully saturated rings. The average molecular weight is 402 g/mol. The lowest BCUT2D eigenvalue weighted by atomic mass is 9.78. The van der Waals surface area contributed by atoms with Gasteiger partial charge in [-0.15, -0.1) is 0 Å². The highest BCUT2D eigenvalue weighted by Gasteiger charge is 2.37. The van der Waals surface area contributed by atoms with E-state index in [4.69, 9.17) is 0 Å². The molecule has 29 heavy (non-hydrogen) atoms. The lowest BCUT2D eigenvalue weighted by Crippen LogP contribution is -2.50. The molecule has 158 valence electrons. The van der Waals surface area contributed by atoms with Gasteiger partial charge in [-0.2, -0.15) is 0 Å². The van der Waals surface area contributed by atoms with E-state index in [9.17, 15) is 14.0 Å². The van der Waals surface area contributed by atoms with Gasteiger partial charge in [-0.25, -0.2) is 9.18 Å². The molecule has 2 saturated heterocycles. The van der Waals surface area contributed by atoms with Gasteiger partial charge in [0.15, 0.2) is 0 Å². The van der Waals surface area contributed by atoms with Crippen LogP contribution in [0.15, 0.2) is 24.3 Å². The Labute approximate surface area is 172 Å². The summed E-state index contributed by atoms with van der Waals surface area (Å²) in [5.74, 6) is -0.310. The fraction of sp³-hybridized carbons (Fsp3) is 0.652. The lowest BCUT2D eigenvalue weighted by Gasteiger charge is -2.35. The fourth-order valence-corrected chi connectivity index (χ4v) is 5.30. The molecule has 0 aromatic heterocycles. The number of amides is 3. The molecule has 1 N–H and O–H groups in total. The summed E-state index contributed by atoms with van der Waals surface area (Å²) in [4.78, 5) is 29.4. The second-order valence-electron chi connectivity index (χ2n) is 8.97. The standard InChI is InChI=1S/C23H32FN3O2/c24-20-9-7-19(8-10-20)23(11-1-2-12-23)17-25-21(28)18-6-5-15-27(16-18)22(29)26-13-3-4-14-26/h7-10,18H,1-6,11-17H2,(H,25,28)/t18-/m1/s1. The predicted molar refractivity (Wildman–Crippen MR) is 110 cm³/mol. The number of hydrogen-bond donors (Lipinski definition) is 1. The third-order valence-corrected chi connectivity index (χ3v) is 7.06. The van der Waals surface area contributed by atoms with Crippen LogP contribution in [0.4, 0.5) is 9.18 Å². The van der Waals surface area contributed by atoms with Crippen molar-refractivity contribution in [3.8, 4) is 0 Å². The summed E-state index contributed by atoms with van der Waals surface area (Å²) in [6.45, 7) is 3.54. The minimum atomic E-state index is -0.226. The van der Waals surface area contributed by atoms with Gasteiger partial charge in [0.25, 0.3) is 0 Å². The number of nitrogens with one attached hydrogen (secondary N) is 1. The van der Waals surface area contributed by atoms with E-state index in [-0.39, 0.29) is 29.1 Å². The fourth-order valence-electron chi connectivity index (χ4n) is 5.30. The lowest BCUT2D eigenvalue weighted by molar-refractivity contribution is -0.126. The van der Waals surface area contributed by atoms with Crippen LogP contribution in [-0.2, 0) is 10.2 Å². The Morgan fingerprint density at radius 2 is 1.62 bits per heavy atom. The molecule has 1 aromatic rings. The average Bonchev–Trinajstić information content (AvgIpc) is 3.45. The number of nitrogens with zero attached hydrogens (tertiary/aromatic N) is 2.